The number of hydrogen-bond donors (Lipinski definition) is 1. The number of aromatic nitrogens is 4. The van der Waals surface area contributed by atoms with Crippen molar-refractivity contribution >= 4 is 28.9 Å². The maximum atomic E-state index is 12.7. The molecule has 1 aliphatic heterocycles. The van der Waals surface area contributed by atoms with Crippen LogP contribution < -0.4 is 15.0 Å². The van der Waals surface area contributed by atoms with E-state index in [4.69, 9.17) is 16.3 Å². The van der Waals surface area contributed by atoms with Gasteiger partial charge in [0.1, 0.15) is 12.1 Å². The highest BCUT2D eigenvalue weighted by Crippen LogP contribution is 2.30. The first-order valence-corrected chi connectivity index (χ1v) is 9.30. The quantitative estimate of drug-likeness (QED) is 0.710. The molecular formula is C19H19ClN6O2. The summed E-state index contributed by atoms with van der Waals surface area (Å²) in [5.41, 5.74) is 2.69. The lowest BCUT2D eigenvalue weighted by Gasteiger charge is -2.19. The molecule has 144 valence electrons. The van der Waals surface area contributed by atoms with Gasteiger partial charge >= 0.3 is 0 Å². The standard InChI is InChI=1S/C19H19ClN6O2/c1-28-16-10-14(9-15(11-16)26-12-21-23-24-26)22-19(27)13-4-5-18(17(20)8-13)25-6-2-3-7-25/h4-5,8-12H,2-3,6-7H2,1H3,(H,22,27). The van der Waals surface area contributed by atoms with Crippen molar-refractivity contribution in [1.82, 2.24) is 20.2 Å². The number of tetrazole rings is 1. The highest BCUT2D eigenvalue weighted by atomic mass is 35.5. The van der Waals surface area contributed by atoms with Gasteiger partial charge in [-0.1, -0.05) is 11.6 Å². The first-order chi connectivity index (χ1) is 13.6. The number of halogens is 1. The number of nitrogens with zero attached hydrogens (tertiary/aromatic N) is 5. The van der Waals surface area contributed by atoms with Gasteiger partial charge in [-0.2, -0.15) is 0 Å². The first kappa shape index (κ1) is 18.2. The molecular weight excluding hydrogens is 380 g/mol. The molecule has 0 unspecified atom stereocenters. The van der Waals surface area contributed by atoms with Gasteiger partial charge < -0.3 is 15.0 Å². The van der Waals surface area contributed by atoms with E-state index in [1.54, 1.807) is 37.4 Å². The average Bonchev–Trinajstić information content (AvgIpc) is 3.41. The summed E-state index contributed by atoms with van der Waals surface area (Å²) in [6.45, 7) is 1.99. The Kier molecular flexibility index (Phi) is 5.12. The molecule has 1 fully saturated rings. The fourth-order valence-corrected chi connectivity index (χ4v) is 3.55. The van der Waals surface area contributed by atoms with Gasteiger partial charge in [0, 0.05) is 36.5 Å². The van der Waals surface area contributed by atoms with Gasteiger partial charge in [-0.05, 0) is 47.5 Å². The van der Waals surface area contributed by atoms with Crippen LogP contribution >= 0.6 is 11.6 Å². The fraction of sp³-hybridized carbons (Fsp3) is 0.263. The molecule has 8 nitrogen and oxygen atoms in total. The normalized spacial score (nSPS) is 13.6. The summed E-state index contributed by atoms with van der Waals surface area (Å²) >= 11 is 6.43. The van der Waals surface area contributed by atoms with Gasteiger partial charge in [-0.25, -0.2) is 4.68 Å². The molecule has 0 saturated carbocycles. The van der Waals surface area contributed by atoms with Crippen LogP contribution in [0.2, 0.25) is 5.02 Å². The maximum Gasteiger partial charge on any atom is 0.255 e. The molecule has 0 atom stereocenters. The van der Waals surface area contributed by atoms with E-state index in [2.05, 4.69) is 25.7 Å². The molecule has 0 aliphatic carbocycles. The predicted molar refractivity (Wildman–Crippen MR) is 107 cm³/mol. The summed E-state index contributed by atoms with van der Waals surface area (Å²) in [4.78, 5) is 15.0. The Morgan fingerprint density at radius 2 is 2.00 bits per heavy atom. The van der Waals surface area contributed by atoms with Crippen LogP contribution in [0.15, 0.2) is 42.7 Å². The van der Waals surface area contributed by atoms with Crippen molar-refractivity contribution in [1.29, 1.82) is 0 Å². The highest BCUT2D eigenvalue weighted by Gasteiger charge is 2.17. The second kappa shape index (κ2) is 7.85. The summed E-state index contributed by atoms with van der Waals surface area (Å²) in [6.07, 6.45) is 3.80. The number of carbonyl (C=O) groups is 1. The number of nitrogens with one attached hydrogen (secondary N) is 1. The van der Waals surface area contributed by atoms with Crippen molar-refractivity contribution in [2.24, 2.45) is 0 Å². The molecule has 1 aromatic heterocycles. The molecule has 4 rings (SSSR count). The minimum atomic E-state index is -0.259. The van der Waals surface area contributed by atoms with Crippen LogP contribution in [0.25, 0.3) is 5.69 Å². The third-order valence-corrected chi connectivity index (χ3v) is 4.96. The Morgan fingerprint density at radius 3 is 2.68 bits per heavy atom. The summed E-state index contributed by atoms with van der Waals surface area (Å²) in [7, 11) is 1.56. The summed E-state index contributed by atoms with van der Waals surface area (Å²) in [6, 6.07) is 10.7. The number of anilines is 2. The topological polar surface area (TPSA) is 85.2 Å². The van der Waals surface area contributed by atoms with Crippen LogP contribution in [-0.4, -0.2) is 46.3 Å². The first-order valence-electron chi connectivity index (χ1n) is 8.92. The van der Waals surface area contributed by atoms with E-state index in [0.29, 0.717) is 27.7 Å². The van der Waals surface area contributed by atoms with Crippen LogP contribution in [-0.2, 0) is 0 Å². The molecule has 1 N–H and O–H groups in total. The van der Waals surface area contributed by atoms with E-state index < -0.39 is 0 Å². The third-order valence-electron chi connectivity index (χ3n) is 4.66. The van der Waals surface area contributed by atoms with E-state index in [0.717, 1.165) is 31.6 Å². The number of amides is 1. The Hall–Kier alpha value is -3.13. The van der Waals surface area contributed by atoms with Crippen LogP contribution in [0.1, 0.15) is 23.2 Å². The maximum absolute atomic E-state index is 12.7. The Labute approximate surface area is 167 Å². The van der Waals surface area contributed by atoms with Crippen LogP contribution in [0.5, 0.6) is 5.75 Å². The van der Waals surface area contributed by atoms with E-state index in [1.165, 1.54) is 11.0 Å². The van der Waals surface area contributed by atoms with Crippen molar-refractivity contribution in [3.63, 3.8) is 0 Å². The minimum Gasteiger partial charge on any atom is -0.497 e. The van der Waals surface area contributed by atoms with Gasteiger partial charge in [0.05, 0.1) is 23.5 Å². The molecule has 1 amide bonds. The minimum absolute atomic E-state index is 0.259. The van der Waals surface area contributed by atoms with Crippen LogP contribution in [0.4, 0.5) is 11.4 Å². The highest BCUT2D eigenvalue weighted by molar-refractivity contribution is 6.33. The Morgan fingerprint density at radius 1 is 1.18 bits per heavy atom. The van der Waals surface area contributed by atoms with E-state index in [-0.39, 0.29) is 5.91 Å². The van der Waals surface area contributed by atoms with Crippen LogP contribution in [0, 0.1) is 0 Å². The van der Waals surface area contributed by atoms with Crippen molar-refractivity contribution < 1.29 is 9.53 Å². The molecule has 2 heterocycles. The van der Waals surface area contributed by atoms with Crippen molar-refractivity contribution in [2.75, 3.05) is 30.4 Å². The molecule has 0 radical (unpaired) electrons. The van der Waals surface area contributed by atoms with Gasteiger partial charge in [0.2, 0.25) is 0 Å². The SMILES string of the molecule is COc1cc(NC(=O)c2ccc(N3CCCC3)c(Cl)c2)cc(-n2cnnn2)c1. The van der Waals surface area contributed by atoms with Gasteiger partial charge in [-0.15, -0.1) is 5.10 Å². The largest absolute Gasteiger partial charge is 0.497 e. The van der Waals surface area contributed by atoms with Crippen molar-refractivity contribution in [3.8, 4) is 11.4 Å². The summed E-state index contributed by atoms with van der Waals surface area (Å²) in [5, 5.41) is 14.6. The Balaban J connectivity index is 1.56. The number of rotatable bonds is 5. The molecule has 1 aliphatic rings. The monoisotopic (exact) mass is 398 g/mol. The number of benzene rings is 2. The lowest BCUT2D eigenvalue weighted by atomic mass is 10.1. The van der Waals surface area contributed by atoms with E-state index in [1.807, 2.05) is 6.07 Å². The third kappa shape index (κ3) is 3.77. The van der Waals surface area contributed by atoms with E-state index in [9.17, 15) is 4.79 Å². The zero-order chi connectivity index (χ0) is 19.5. The second-order valence-electron chi connectivity index (χ2n) is 6.49. The summed E-state index contributed by atoms with van der Waals surface area (Å²) in [5.74, 6) is 0.316. The molecule has 9 heteroatoms. The molecule has 2 aromatic carbocycles. The number of ether oxygens (including phenoxy) is 1. The molecule has 1 saturated heterocycles. The number of carbonyl (C=O) groups excluding carboxylic acids is 1. The molecule has 0 spiro atoms. The van der Waals surface area contributed by atoms with E-state index >= 15 is 0 Å². The lowest BCUT2D eigenvalue weighted by Crippen LogP contribution is -2.18. The number of hydrogen-bond acceptors (Lipinski definition) is 6. The number of methoxy groups -OCH3 is 1. The van der Waals surface area contributed by atoms with Gasteiger partial charge in [-0.3, -0.25) is 4.79 Å². The predicted octanol–water partition coefficient (Wildman–Crippen LogP) is 3.18. The zero-order valence-corrected chi connectivity index (χ0v) is 16.1. The summed E-state index contributed by atoms with van der Waals surface area (Å²) < 4.78 is 6.80. The second-order valence-corrected chi connectivity index (χ2v) is 6.90. The zero-order valence-electron chi connectivity index (χ0n) is 15.3. The van der Waals surface area contributed by atoms with Crippen LogP contribution in [0.3, 0.4) is 0 Å². The van der Waals surface area contributed by atoms with Gasteiger partial charge in [0.25, 0.3) is 5.91 Å². The van der Waals surface area contributed by atoms with Crippen molar-refractivity contribution in [2.45, 2.75) is 12.8 Å². The lowest BCUT2D eigenvalue weighted by molar-refractivity contribution is 0.102. The fourth-order valence-electron chi connectivity index (χ4n) is 3.25. The average molecular weight is 399 g/mol. The molecule has 0 bridgehead atoms. The molecule has 28 heavy (non-hydrogen) atoms. The van der Waals surface area contributed by atoms with Gasteiger partial charge in [0.15, 0.2) is 0 Å². The van der Waals surface area contributed by atoms with Crippen molar-refractivity contribution in [3.05, 3.63) is 53.3 Å². The Bertz CT molecular complexity index is 986. The smallest absolute Gasteiger partial charge is 0.255 e. The molecule has 3 aromatic rings.